The van der Waals surface area contributed by atoms with Crippen molar-refractivity contribution < 1.29 is 14.7 Å². The van der Waals surface area contributed by atoms with Crippen LogP contribution in [-0.2, 0) is 9.59 Å². The molecule has 1 saturated carbocycles. The lowest BCUT2D eigenvalue weighted by Crippen LogP contribution is -2.58. The van der Waals surface area contributed by atoms with Gasteiger partial charge in [-0.15, -0.1) is 0 Å². The lowest BCUT2D eigenvalue weighted by Gasteiger charge is -2.42. The number of amides is 2. The number of aliphatic hydroxyl groups excluding tert-OH is 1. The van der Waals surface area contributed by atoms with Crippen LogP contribution in [0.15, 0.2) is 23.8 Å². The third-order valence-corrected chi connectivity index (χ3v) is 5.30. The van der Waals surface area contributed by atoms with Crippen LogP contribution in [0.5, 0.6) is 0 Å². The normalized spacial score (nSPS) is 24.2. The van der Waals surface area contributed by atoms with Gasteiger partial charge in [-0.1, -0.05) is 20.8 Å². The molecule has 1 saturated heterocycles. The molecule has 10 heteroatoms. The number of aliphatic hydroxyl groups is 1. The van der Waals surface area contributed by atoms with Gasteiger partial charge in [0.2, 0.25) is 5.88 Å². The molecule has 30 heavy (non-hydrogen) atoms. The van der Waals surface area contributed by atoms with Gasteiger partial charge in [0.05, 0.1) is 11.9 Å². The highest BCUT2D eigenvalue weighted by Crippen LogP contribution is 2.33. The Balaban J connectivity index is 1.61. The molecule has 0 spiro atoms. The molecule has 162 valence electrons. The molecule has 4 rings (SSSR count). The lowest BCUT2D eigenvalue weighted by atomic mass is 9.95. The SMILES string of the molecule is Cc1nccnc1NC1CC2N(CC(C)(C)C)C(O)=C(C(=O)NC3CC3)C(=O)N2N1. The summed E-state index contributed by atoms with van der Waals surface area (Å²) in [5.41, 5.74) is 3.51. The Morgan fingerprint density at radius 3 is 2.63 bits per heavy atom. The summed E-state index contributed by atoms with van der Waals surface area (Å²) in [6, 6.07) is 0.0833. The number of anilines is 1. The molecule has 3 heterocycles. The van der Waals surface area contributed by atoms with Crippen LogP contribution in [0.4, 0.5) is 5.82 Å². The van der Waals surface area contributed by atoms with Crippen LogP contribution in [0.25, 0.3) is 0 Å². The van der Waals surface area contributed by atoms with E-state index in [1.807, 2.05) is 27.7 Å². The Kier molecular flexibility index (Phi) is 5.05. The maximum absolute atomic E-state index is 13.1. The van der Waals surface area contributed by atoms with Crippen LogP contribution in [0.2, 0.25) is 0 Å². The number of carbonyl (C=O) groups excluding carboxylic acids is 2. The number of hydrogen-bond acceptors (Lipinski definition) is 8. The molecule has 0 bridgehead atoms. The molecule has 2 aliphatic heterocycles. The predicted molar refractivity (Wildman–Crippen MR) is 110 cm³/mol. The topological polar surface area (TPSA) is 123 Å². The molecule has 1 aromatic rings. The van der Waals surface area contributed by atoms with Gasteiger partial charge >= 0.3 is 0 Å². The van der Waals surface area contributed by atoms with E-state index in [9.17, 15) is 14.7 Å². The number of fused-ring (bicyclic) bond motifs is 1. The third kappa shape index (κ3) is 4.04. The monoisotopic (exact) mass is 415 g/mol. The summed E-state index contributed by atoms with van der Waals surface area (Å²) in [7, 11) is 0. The molecular weight excluding hydrogens is 386 g/mol. The summed E-state index contributed by atoms with van der Waals surface area (Å²) in [5.74, 6) is -0.692. The number of hydrogen-bond donors (Lipinski definition) is 4. The summed E-state index contributed by atoms with van der Waals surface area (Å²) in [6.07, 6.45) is 4.77. The molecule has 4 N–H and O–H groups in total. The van der Waals surface area contributed by atoms with Gasteiger partial charge in [-0.05, 0) is 25.2 Å². The molecule has 2 atom stereocenters. The van der Waals surface area contributed by atoms with E-state index in [1.165, 1.54) is 5.01 Å². The first-order valence-electron chi connectivity index (χ1n) is 10.3. The smallest absolute Gasteiger partial charge is 0.281 e. The quantitative estimate of drug-likeness (QED) is 0.525. The van der Waals surface area contributed by atoms with E-state index in [-0.39, 0.29) is 29.1 Å². The predicted octanol–water partition coefficient (Wildman–Crippen LogP) is 0.996. The zero-order valence-electron chi connectivity index (χ0n) is 17.8. The lowest BCUT2D eigenvalue weighted by molar-refractivity contribution is -0.142. The van der Waals surface area contributed by atoms with Crippen molar-refractivity contribution in [2.75, 3.05) is 11.9 Å². The van der Waals surface area contributed by atoms with Gasteiger partial charge in [-0.3, -0.25) is 14.6 Å². The Morgan fingerprint density at radius 2 is 2.00 bits per heavy atom. The number of hydrazine groups is 1. The maximum atomic E-state index is 13.1. The number of carbonyl (C=O) groups is 2. The minimum Gasteiger partial charge on any atom is -0.494 e. The summed E-state index contributed by atoms with van der Waals surface area (Å²) in [6.45, 7) is 8.47. The highest BCUT2D eigenvalue weighted by molar-refractivity contribution is 6.19. The van der Waals surface area contributed by atoms with E-state index in [2.05, 4.69) is 26.0 Å². The van der Waals surface area contributed by atoms with Crippen molar-refractivity contribution in [2.45, 2.75) is 65.3 Å². The van der Waals surface area contributed by atoms with Gasteiger partial charge in [0, 0.05) is 31.4 Å². The second-order valence-corrected chi connectivity index (χ2v) is 9.34. The maximum Gasteiger partial charge on any atom is 0.281 e. The number of nitrogens with one attached hydrogen (secondary N) is 3. The van der Waals surface area contributed by atoms with E-state index >= 15 is 0 Å². The zero-order chi connectivity index (χ0) is 21.6. The molecule has 2 unspecified atom stereocenters. The Bertz CT molecular complexity index is 891. The molecule has 1 aromatic heterocycles. The first-order chi connectivity index (χ1) is 14.1. The highest BCUT2D eigenvalue weighted by atomic mass is 16.3. The van der Waals surface area contributed by atoms with Crippen LogP contribution in [-0.4, -0.2) is 61.7 Å². The molecule has 2 amide bonds. The van der Waals surface area contributed by atoms with Crippen LogP contribution in [0, 0.1) is 12.3 Å². The molecule has 10 nitrogen and oxygen atoms in total. The van der Waals surface area contributed by atoms with Crippen molar-refractivity contribution in [1.29, 1.82) is 0 Å². The van der Waals surface area contributed by atoms with Gasteiger partial charge in [-0.2, -0.15) is 0 Å². The van der Waals surface area contributed by atoms with E-state index in [4.69, 9.17) is 0 Å². The molecule has 1 aliphatic carbocycles. The number of aromatic nitrogens is 2. The second-order valence-electron chi connectivity index (χ2n) is 9.34. The summed E-state index contributed by atoms with van der Waals surface area (Å²) >= 11 is 0. The van der Waals surface area contributed by atoms with Crippen molar-refractivity contribution in [1.82, 2.24) is 30.6 Å². The van der Waals surface area contributed by atoms with Crippen LogP contribution < -0.4 is 16.1 Å². The Hall–Kier alpha value is -2.88. The number of nitrogens with zero attached hydrogens (tertiary/aromatic N) is 4. The fourth-order valence-corrected chi connectivity index (χ4v) is 3.77. The van der Waals surface area contributed by atoms with Crippen molar-refractivity contribution in [3.8, 4) is 0 Å². The summed E-state index contributed by atoms with van der Waals surface area (Å²) < 4.78 is 0. The van der Waals surface area contributed by atoms with E-state index in [0.717, 1.165) is 18.5 Å². The molecular formula is C20H29N7O3. The van der Waals surface area contributed by atoms with E-state index in [0.29, 0.717) is 18.8 Å². The van der Waals surface area contributed by atoms with Gasteiger partial charge in [-0.25, -0.2) is 15.4 Å². The minimum absolute atomic E-state index is 0.0833. The molecule has 2 fully saturated rings. The first kappa shape index (κ1) is 20.4. The fraction of sp³-hybridized carbons (Fsp3) is 0.600. The average Bonchev–Trinajstić information content (AvgIpc) is 3.36. The van der Waals surface area contributed by atoms with E-state index < -0.39 is 18.0 Å². The zero-order valence-corrected chi connectivity index (χ0v) is 17.8. The molecule has 0 radical (unpaired) electrons. The molecule has 3 aliphatic rings. The van der Waals surface area contributed by atoms with Crippen molar-refractivity contribution in [3.05, 3.63) is 29.5 Å². The first-order valence-corrected chi connectivity index (χ1v) is 10.3. The largest absolute Gasteiger partial charge is 0.494 e. The summed E-state index contributed by atoms with van der Waals surface area (Å²) in [4.78, 5) is 36.1. The Morgan fingerprint density at radius 1 is 1.30 bits per heavy atom. The van der Waals surface area contributed by atoms with Gasteiger partial charge in [0.25, 0.3) is 11.8 Å². The number of rotatable bonds is 5. The fourth-order valence-electron chi connectivity index (χ4n) is 3.77. The van der Waals surface area contributed by atoms with Crippen LogP contribution in [0.1, 0.15) is 45.7 Å². The van der Waals surface area contributed by atoms with Crippen molar-refractivity contribution in [2.24, 2.45) is 5.41 Å². The van der Waals surface area contributed by atoms with Crippen LogP contribution in [0.3, 0.4) is 0 Å². The van der Waals surface area contributed by atoms with Gasteiger partial charge in [0.1, 0.15) is 12.0 Å². The second kappa shape index (κ2) is 7.42. The summed E-state index contributed by atoms with van der Waals surface area (Å²) in [5, 5.41) is 18.5. The Labute approximate surface area is 175 Å². The minimum atomic E-state index is -0.527. The van der Waals surface area contributed by atoms with Crippen molar-refractivity contribution >= 4 is 17.6 Å². The van der Waals surface area contributed by atoms with Crippen LogP contribution >= 0.6 is 0 Å². The van der Waals surface area contributed by atoms with Crippen molar-refractivity contribution in [3.63, 3.8) is 0 Å². The molecule has 0 aromatic carbocycles. The average molecular weight is 415 g/mol. The van der Waals surface area contributed by atoms with Gasteiger partial charge in [0.15, 0.2) is 5.57 Å². The third-order valence-electron chi connectivity index (χ3n) is 5.30. The standard InChI is InChI=1S/C20H29N7O3/c1-11-16(22-8-7-21-11)24-13-9-14-26(10-20(2,3)4)18(29)15(19(30)27(14)25-13)17(28)23-12-5-6-12/h7-8,12-14,25,29H,5-6,9-10H2,1-4H3,(H,22,24)(H,23,28). The highest BCUT2D eigenvalue weighted by Gasteiger charge is 2.49. The van der Waals surface area contributed by atoms with E-state index in [1.54, 1.807) is 17.3 Å². The van der Waals surface area contributed by atoms with Gasteiger partial charge < -0.3 is 20.6 Å². The number of aryl methyl sites for hydroxylation is 1.